The summed E-state index contributed by atoms with van der Waals surface area (Å²) in [6.45, 7) is 5.79. The third-order valence-electron chi connectivity index (χ3n) is 3.51. The summed E-state index contributed by atoms with van der Waals surface area (Å²) in [6.07, 6.45) is 0. The van der Waals surface area contributed by atoms with Crippen molar-refractivity contribution in [1.29, 1.82) is 0 Å². The van der Waals surface area contributed by atoms with Crippen LogP contribution in [0.25, 0.3) is 11.3 Å². The Labute approximate surface area is 128 Å². The highest BCUT2D eigenvalue weighted by Gasteiger charge is 2.11. The lowest BCUT2D eigenvalue weighted by molar-refractivity contribution is -0.384. The van der Waals surface area contributed by atoms with E-state index in [4.69, 9.17) is 0 Å². The molecule has 2 aromatic rings. The van der Waals surface area contributed by atoms with Crippen molar-refractivity contribution >= 4 is 5.69 Å². The molecule has 0 aliphatic carbocycles. The molecule has 22 heavy (non-hydrogen) atoms. The molecule has 0 unspecified atom stereocenters. The van der Waals surface area contributed by atoms with Gasteiger partial charge in [-0.15, -0.1) is 0 Å². The van der Waals surface area contributed by atoms with E-state index >= 15 is 0 Å². The van der Waals surface area contributed by atoms with Gasteiger partial charge in [0.15, 0.2) is 0 Å². The Morgan fingerprint density at radius 3 is 2.36 bits per heavy atom. The number of non-ortho nitro benzene ring substituents is 1. The Morgan fingerprint density at radius 1 is 1.14 bits per heavy atom. The smallest absolute Gasteiger partial charge is 0.269 e. The molecule has 0 saturated carbocycles. The van der Waals surface area contributed by atoms with E-state index in [-0.39, 0.29) is 11.2 Å². The zero-order valence-corrected chi connectivity index (χ0v) is 12.7. The molecule has 0 spiro atoms. The number of rotatable bonds is 6. The molecule has 1 N–H and O–H groups in total. The van der Waals surface area contributed by atoms with Crippen molar-refractivity contribution in [3.63, 3.8) is 0 Å². The molecule has 0 saturated heterocycles. The Balaban J connectivity index is 2.44. The van der Waals surface area contributed by atoms with Crippen molar-refractivity contribution in [3.8, 4) is 11.3 Å². The number of nitro benzene ring substituents is 1. The zero-order chi connectivity index (χ0) is 16.1. The number of aromatic nitrogens is 1. The minimum atomic E-state index is -0.434. The maximum atomic E-state index is 12.5. The molecule has 0 aliphatic rings. The number of hydrogen-bond donors (Lipinski definition) is 1. The minimum absolute atomic E-state index is 0.0284. The van der Waals surface area contributed by atoms with Crippen LogP contribution in [0.2, 0.25) is 0 Å². The third kappa shape index (κ3) is 3.23. The van der Waals surface area contributed by atoms with E-state index in [1.165, 1.54) is 12.1 Å². The molecule has 1 aromatic heterocycles. The van der Waals surface area contributed by atoms with Crippen molar-refractivity contribution < 1.29 is 4.92 Å². The van der Waals surface area contributed by atoms with Gasteiger partial charge in [-0.2, -0.15) is 0 Å². The fourth-order valence-corrected chi connectivity index (χ4v) is 2.34. The molecule has 0 atom stereocenters. The average molecular weight is 301 g/mol. The highest BCUT2D eigenvalue weighted by Crippen LogP contribution is 2.21. The molecule has 0 fully saturated rings. The Kier molecular flexibility index (Phi) is 5.06. The van der Waals surface area contributed by atoms with Crippen LogP contribution in [-0.2, 0) is 13.1 Å². The summed E-state index contributed by atoms with van der Waals surface area (Å²) in [6, 6.07) is 9.94. The lowest BCUT2D eigenvalue weighted by Gasteiger charge is -2.13. The quantitative estimate of drug-likeness (QED) is 0.657. The molecule has 2 rings (SSSR count). The SMILES string of the molecule is CCNCc1ccc(-c2ccc([N+](=O)[O-])cc2)n(CC)c1=O. The lowest BCUT2D eigenvalue weighted by Crippen LogP contribution is -2.27. The Hall–Kier alpha value is -2.47. The number of hydrogen-bond acceptors (Lipinski definition) is 4. The average Bonchev–Trinajstić information content (AvgIpc) is 2.53. The van der Waals surface area contributed by atoms with Crippen molar-refractivity contribution in [1.82, 2.24) is 9.88 Å². The van der Waals surface area contributed by atoms with Crippen LogP contribution in [0, 0.1) is 10.1 Å². The monoisotopic (exact) mass is 301 g/mol. The molecule has 6 nitrogen and oxygen atoms in total. The highest BCUT2D eigenvalue weighted by molar-refractivity contribution is 5.61. The Bertz CT molecular complexity index is 720. The largest absolute Gasteiger partial charge is 0.313 e. The topological polar surface area (TPSA) is 77.2 Å². The summed E-state index contributed by atoms with van der Waals surface area (Å²) >= 11 is 0. The van der Waals surface area contributed by atoms with Gasteiger partial charge in [-0.3, -0.25) is 14.9 Å². The van der Waals surface area contributed by atoms with Crippen molar-refractivity contribution in [2.24, 2.45) is 0 Å². The summed E-state index contributed by atoms with van der Waals surface area (Å²) in [5, 5.41) is 13.9. The first-order chi connectivity index (χ1) is 10.6. The number of nitro groups is 1. The molecule has 1 aromatic carbocycles. The molecule has 116 valence electrons. The van der Waals surface area contributed by atoms with Gasteiger partial charge >= 0.3 is 0 Å². The minimum Gasteiger partial charge on any atom is -0.313 e. The lowest BCUT2D eigenvalue weighted by atomic mass is 10.1. The fourth-order valence-electron chi connectivity index (χ4n) is 2.34. The van der Waals surface area contributed by atoms with Gasteiger partial charge in [0.2, 0.25) is 0 Å². The zero-order valence-electron chi connectivity index (χ0n) is 12.7. The molecule has 0 radical (unpaired) electrons. The molecule has 1 heterocycles. The molecule has 6 heteroatoms. The first-order valence-corrected chi connectivity index (χ1v) is 7.26. The molecule has 0 aliphatic heterocycles. The standard InChI is InChI=1S/C16H19N3O3/c1-3-17-11-13-7-10-15(18(4-2)16(13)20)12-5-8-14(9-6-12)19(21)22/h5-10,17H,3-4,11H2,1-2H3. The first-order valence-electron chi connectivity index (χ1n) is 7.26. The molecular weight excluding hydrogens is 282 g/mol. The van der Waals surface area contributed by atoms with E-state index in [0.717, 1.165) is 23.4 Å². The number of benzene rings is 1. The summed E-state index contributed by atoms with van der Waals surface area (Å²) < 4.78 is 1.69. The van der Waals surface area contributed by atoms with Crippen LogP contribution >= 0.6 is 0 Å². The number of nitrogens with zero attached hydrogens (tertiary/aromatic N) is 2. The highest BCUT2D eigenvalue weighted by atomic mass is 16.6. The summed E-state index contributed by atoms with van der Waals surface area (Å²) in [4.78, 5) is 22.8. The van der Waals surface area contributed by atoms with Crippen molar-refractivity contribution in [2.45, 2.75) is 26.9 Å². The summed E-state index contributed by atoms with van der Waals surface area (Å²) in [7, 11) is 0. The van der Waals surface area contributed by atoms with Crippen LogP contribution in [-0.4, -0.2) is 16.0 Å². The van der Waals surface area contributed by atoms with Crippen molar-refractivity contribution in [2.75, 3.05) is 6.54 Å². The maximum absolute atomic E-state index is 12.5. The third-order valence-corrected chi connectivity index (χ3v) is 3.51. The van der Waals surface area contributed by atoms with Crippen LogP contribution in [0.3, 0.4) is 0 Å². The van der Waals surface area contributed by atoms with E-state index in [1.54, 1.807) is 16.7 Å². The Morgan fingerprint density at radius 2 is 1.82 bits per heavy atom. The molecule has 0 amide bonds. The van der Waals surface area contributed by atoms with Gasteiger partial charge in [0.1, 0.15) is 0 Å². The predicted molar refractivity (Wildman–Crippen MR) is 85.8 cm³/mol. The van der Waals surface area contributed by atoms with Crippen LogP contribution in [0.5, 0.6) is 0 Å². The van der Waals surface area contributed by atoms with Crippen LogP contribution in [0.4, 0.5) is 5.69 Å². The fraction of sp³-hybridized carbons (Fsp3) is 0.312. The number of pyridine rings is 1. The van der Waals surface area contributed by atoms with E-state index in [0.29, 0.717) is 13.1 Å². The van der Waals surface area contributed by atoms with Gasteiger partial charge in [0, 0.05) is 30.8 Å². The van der Waals surface area contributed by atoms with Gasteiger partial charge in [-0.05, 0) is 37.2 Å². The second kappa shape index (κ2) is 7.00. The van der Waals surface area contributed by atoms with E-state index in [2.05, 4.69) is 5.32 Å². The summed E-state index contributed by atoms with van der Waals surface area (Å²) in [5.74, 6) is 0. The first kappa shape index (κ1) is 15.9. The van der Waals surface area contributed by atoms with Gasteiger partial charge in [0.05, 0.1) is 10.6 Å². The number of nitrogens with one attached hydrogen (secondary N) is 1. The van der Waals surface area contributed by atoms with Gasteiger partial charge in [-0.1, -0.05) is 13.0 Å². The van der Waals surface area contributed by atoms with Crippen LogP contribution in [0.15, 0.2) is 41.2 Å². The van der Waals surface area contributed by atoms with Gasteiger partial charge < -0.3 is 9.88 Å². The summed E-state index contributed by atoms with van der Waals surface area (Å²) in [5.41, 5.74) is 2.29. The van der Waals surface area contributed by atoms with Gasteiger partial charge in [-0.25, -0.2) is 0 Å². The van der Waals surface area contributed by atoms with Crippen LogP contribution < -0.4 is 10.9 Å². The van der Waals surface area contributed by atoms with Crippen LogP contribution in [0.1, 0.15) is 19.4 Å². The predicted octanol–water partition coefficient (Wildman–Crippen LogP) is 2.55. The van der Waals surface area contributed by atoms with E-state index in [1.807, 2.05) is 26.0 Å². The van der Waals surface area contributed by atoms with E-state index < -0.39 is 4.92 Å². The second-order valence-electron chi connectivity index (χ2n) is 4.88. The molecular formula is C16H19N3O3. The van der Waals surface area contributed by atoms with Gasteiger partial charge in [0.25, 0.3) is 11.2 Å². The molecule has 0 bridgehead atoms. The normalized spacial score (nSPS) is 10.6. The van der Waals surface area contributed by atoms with E-state index in [9.17, 15) is 14.9 Å². The maximum Gasteiger partial charge on any atom is 0.269 e. The van der Waals surface area contributed by atoms with Crippen molar-refractivity contribution in [3.05, 3.63) is 62.4 Å². The second-order valence-corrected chi connectivity index (χ2v) is 4.88.